The van der Waals surface area contributed by atoms with Gasteiger partial charge in [-0.1, -0.05) is 41.9 Å². The first-order valence-corrected chi connectivity index (χ1v) is 7.56. The molecule has 0 fully saturated rings. The van der Waals surface area contributed by atoms with E-state index in [2.05, 4.69) is 49.3 Å². The number of hydrogen-bond acceptors (Lipinski definition) is 1. The molecule has 0 saturated heterocycles. The smallest absolute Gasteiger partial charge is 0.0412 e. The van der Waals surface area contributed by atoms with Gasteiger partial charge >= 0.3 is 0 Å². The average molecular weight is 286 g/mol. The Morgan fingerprint density at radius 2 is 1.90 bits per heavy atom. The number of halogens is 1. The minimum absolute atomic E-state index is 0.664. The zero-order valence-corrected chi connectivity index (χ0v) is 12.8. The summed E-state index contributed by atoms with van der Waals surface area (Å²) in [4.78, 5) is 2.34. The van der Waals surface area contributed by atoms with E-state index >= 15 is 0 Å². The molecule has 2 aromatic carbocycles. The van der Waals surface area contributed by atoms with Gasteiger partial charge in [0, 0.05) is 11.1 Å². The Balaban J connectivity index is 2.01. The molecule has 104 valence electrons. The van der Waals surface area contributed by atoms with Crippen molar-refractivity contribution in [1.82, 2.24) is 4.90 Å². The summed E-state index contributed by atoms with van der Waals surface area (Å²) < 4.78 is 0. The Hall–Kier alpha value is -1.31. The molecule has 0 N–H and O–H groups in total. The van der Waals surface area contributed by atoms with Gasteiger partial charge in [-0.25, -0.2) is 0 Å². The fourth-order valence-corrected chi connectivity index (χ4v) is 3.35. The van der Waals surface area contributed by atoms with Crippen molar-refractivity contribution >= 4 is 11.6 Å². The molecule has 3 rings (SSSR count). The molecule has 2 heteroatoms. The molecule has 0 radical (unpaired) electrons. The fraction of sp³-hybridized carbons (Fsp3) is 0.333. The summed E-state index contributed by atoms with van der Waals surface area (Å²) in [6, 6.07) is 15.5. The summed E-state index contributed by atoms with van der Waals surface area (Å²) in [5, 5.41) is 0.807. The van der Waals surface area contributed by atoms with Crippen LogP contribution in [-0.4, -0.2) is 25.0 Å². The Labute approximate surface area is 126 Å². The van der Waals surface area contributed by atoms with E-state index in [1.54, 1.807) is 0 Å². The second kappa shape index (κ2) is 5.59. The number of fused-ring (bicyclic) bond motifs is 1. The van der Waals surface area contributed by atoms with E-state index in [1.165, 1.54) is 28.7 Å². The zero-order chi connectivity index (χ0) is 14.1. The monoisotopic (exact) mass is 285 g/mol. The third kappa shape index (κ3) is 2.61. The van der Waals surface area contributed by atoms with Crippen molar-refractivity contribution in [3.05, 3.63) is 58.6 Å². The van der Waals surface area contributed by atoms with Crippen LogP contribution in [-0.2, 0) is 12.8 Å². The second-order valence-electron chi connectivity index (χ2n) is 5.81. The second-order valence-corrected chi connectivity index (χ2v) is 6.25. The summed E-state index contributed by atoms with van der Waals surface area (Å²) in [5.41, 5.74) is 5.58. The van der Waals surface area contributed by atoms with Gasteiger partial charge in [-0.3, -0.25) is 0 Å². The van der Waals surface area contributed by atoms with Crippen LogP contribution in [0.5, 0.6) is 0 Å². The van der Waals surface area contributed by atoms with Gasteiger partial charge in [0.25, 0.3) is 0 Å². The van der Waals surface area contributed by atoms with E-state index < -0.39 is 0 Å². The normalized spacial score (nSPS) is 18.1. The molecule has 0 bridgehead atoms. The SMILES string of the molecule is CN(C)C1CCc2c(cccc2-c2cccc(Cl)c2)C1. The predicted molar refractivity (Wildman–Crippen MR) is 86.4 cm³/mol. The van der Waals surface area contributed by atoms with Crippen LogP contribution in [0.3, 0.4) is 0 Å². The predicted octanol–water partition coefficient (Wildman–Crippen LogP) is 4.43. The van der Waals surface area contributed by atoms with Gasteiger partial charge in [-0.15, -0.1) is 0 Å². The Morgan fingerprint density at radius 3 is 2.65 bits per heavy atom. The highest BCUT2D eigenvalue weighted by molar-refractivity contribution is 6.30. The van der Waals surface area contributed by atoms with Crippen LogP contribution < -0.4 is 0 Å². The molecule has 20 heavy (non-hydrogen) atoms. The van der Waals surface area contributed by atoms with Crippen LogP contribution in [0.1, 0.15) is 17.5 Å². The van der Waals surface area contributed by atoms with Crippen LogP contribution in [0.15, 0.2) is 42.5 Å². The van der Waals surface area contributed by atoms with Crippen molar-refractivity contribution in [2.75, 3.05) is 14.1 Å². The van der Waals surface area contributed by atoms with Crippen molar-refractivity contribution in [3.8, 4) is 11.1 Å². The summed E-state index contributed by atoms with van der Waals surface area (Å²) >= 11 is 6.14. The van der Waals surface area contributed by atoms with E-state index in [-0.39, 0.29) is 0 Å². The maximum Gasteiger partial charge on any atom is 0.0412 e. The van der Waals surface area contributed by atoms with Gasteiger partial charge < -0.3 is 4.90 Å². The lowest BCUT2D eigenvalue weighted by Gasteiger charge is -2.31. The van der Waals surface area contributed by atoms with Crippen LogP contribution in [0.25, 0.3) is 11.1 Å². The molecular weight excluding hydrogens is 266 g/mol. The largest absolute Gasteiger partial charge is 0.306 e. The van der Waals surface area contributed by atoms with Crippen LogP contribution in [0, 0.1) is 0 Å². The van der Waals surface area contributed by atoms with Gasteiger partial charge in [-0.2, -0.15) is 0 Å². The lowest BCUT2D eigenvalue weighted by atomic mass is 9.83. The minimum atomic E-state index is 0.664. The molecule has 0 aromatic heterocycles. The van der Waals surface area contributed by atoms with Gasteiger partial charge in [-0.05, 0) is 67.7 Å². The van der Waals surface area contributed by atoms with E-state index in [4.69, 9.17) is 11.6 Å². The van der Waals surface area contributed by atoms with Crippen molar-refractivity contribution in [3.63, 3.8) is 0 Å². The van der Waals surface area contributed by atoms with Crippen molar-refractivity contribution < 1.29 is 0 Å². The molecule has 2 aromatic rings. The fourth-order valence-electron chi connectivity index (χ4n) is 3.16. The van der Waals surface area contributed by atoms with Crippen LogP contribution in [0.4, 0.5) is 0 Å². The lowest BCUT2D eigenvalue weighted by Crippen LogP contribution is -2.33. The average Bonchev–Trinajstić information content (AvgIpc) is 2.46. The number of hydrogen-bond donors (Lipinski definition) is 0. The Bertz CT molecular complexity index is 619. The molecular formula is C18H20ClN. The van der Waals surface area contributed by atoms with Crippen molar-refractivity contribution in [1.29, 1.82) is 0 Å². The highest BCUT2D eigenvalue weighted by atomic mass is 35.5. The van der Waals surface area contributed by atoms with E-state index in [0.29, 0.717) is 6.04 Å². The highest BCUT2D eigenvalue weighted by Gasteiger charge is 2.22. The number of benzene rings is 2. The van der Waals surface area contributed by atoms with Crippen molar-refractivity contribution in [2.24, 2.45) is 0 Å². The van der Waals surface area contributed by atoms with E-state index in [1.807, 2.05) is 12.1 Å². The number of likely N-dealkylation sites (N-methyl/N-ethyl adjacent to an activating group) is 1. The van der Waals surface area contributed by atoms with Gasteiger partial charge in [0.15, 0.2) is 0 Å². The molecule has 1 nitrogen and oxygen atoms in total. The molecule has 0 amide bonds. The van der Waals surface area contributed by atoms with Crippen molar-refractivity contribution in [2.45, 2.75) is 25.3 Å². The molecule has 0 spiro atoms. The molecule has 1 atom stereocenters. The minimum Gasteiger partial charge on any atom is -0.306 e. The van der Waals surface area contributed by atoms with Gasteiger partial charge in [0.1, 0.15) is 0 Å². The zero-order valence-electron chi connectivity index (χ0n) is 12.1. The molecule has 1 unspecified atom stereocenters. The van der Waals surface area contributed by atoms with Gasteiger partial charge in [0.05, 0.1) is 0 Å². The number of rotatable bonds is 2. The third-order valence-electron chi connectivity index (χ3n) is 4.32. The molecule has 0 heterocycles. The first-order chi connectivity index (χ1) is 9.65. The quantitative estimate of drug-likeness (QED) is 0.789. The third-order valence-corrected chi connectivity index (χ3v) is 4.56. The molecule has 1 aliphatic rings. The Morgan fingerprint density at radius 1 is 1.10 bits per heavy atom. The van der Waals surface area contributed by atoms with E-state index in [9.17, 15) is 0 Å². The maximum absolute atomic E-state index is 6.14. The van der Waals surface area contributed by atoms with Crippen LogP contribution >= 0.6 is 11.6 Å². The van der Waals surface area contributed by atoms with Gasteiger partial charge in [0.2, 0.25) is 0 Å². The summed E-state index contributed by atoms with van der Waals surface area (Å²) in [6.45, 7) is 0. The summed E-state index contributed by atoms with van der Waals surface area (Å²) in [7, 11) is 4.35. The first kappa shape index (κ1) is 13.7. The Kier molecular flexibility index (Phi) is 3.82. The van der Waals surface area contributed by atoms with Crippen LogP contribution in [0.2, 0.25) is 5.02 Å². The summed E-state index contributed by atoms with van der Waals surface area (Å²) in [6.07, 6.45) is 3.54. The topological polar surface area (TPSA) is 3.24 Å². The maximum atomic E-state index is 6.14. The van der Waals surface area contributed by atoms with E-state index in [0.717, 1.165) is 17.9 Å². The standard InChI is InChI=1S/C18H20ClN/c1-20(2)16-9-10-18-14(12-16)6-4-8-17(18)13-5-3-7-15(19)11-13/h3-8,11,16H,9-10,12H2,1-2H3. The first-order valence-electron chi connectivity index (χ1n) is 7.18. The molecule has 1 aliphatic carbocycles. The lowest BCUT2D eigenvalue weighted by molar-refractivity contribution is 0.268. The number of nitrogens with zero attached hydrogens (tertiary/aromatic N) is 1. The molecule has 0 saturated carbocycles. The molecule has 0 aliphatic heterocycles. The highest BCUT2D eigenvalue weighted by Crippen LogP contribution is 2.33. The summed E-state index contributed by atoms with van der Waals surface area (Å²) in [5.74, 6) is 0.